The fourth-order valence-electron chi connectivity index (χ4n) is 1.84. The number of anilines is 1. The van der Waals surface area contributed by atoms with Gasteiger partial charge in [0.1, 0.15) is 6.10 Å². The number of aliphatic hydroxyl groups is 1. The summed E-state index contributed by atoms with van der Waals surface area (Å²) in [4.78, 5) is 24.2. The average Bonchev–Trinajstić information content (AvgIpc) is 2.90. The smallest absolute Gasteiger partial charge is 0.313 e. The molecule has 5 nitrogen and oxygen atoms in total. The van der Waals surface area contributed by atoms with Crippen LogP contribution in [-0.2, 0) is 9.59 Å². The number of nitrogens with one attached hydrogen (secondary N) is 2. The molecule has 1 heterocycles. The van der Waals surface area contributed by atoms with Crippen molar-refractivity contribution < 1.29 is 14.7 Å². The van der Waals surface area contributed by atoms with Gasteiger partial charge in [-0.15, -0.1) is 11.3 Å². The number of aryl methyl sites for hydroxylation is 1. The van der Waals surface area contributed by atoms with E-state index in [1.165, 1.54) is 17.4 Å². The van der Waals surface area contributed by atoms with E-state index in [9.17, 15) is 14.7 Å². The molecule has 2 amide bonds. The molecule has 0 fully saturated rings. The molecule has 7 heteroatoms. The van der Waals surface area contributed by atoms with Crippen LogP contribution in [0.3, 0.4) is 0 Å². The Kier molecular flexibility index (Phi) is 5.54. The summed E-state index contributed by atoms with van der Waals surface area (Å²) in [5, 5.41) is 17.2. The highest BCUT2D eigenvalue weighted by molar-refractivity contribution is 7.10. The lowest BCUT2D eigenvalue weighted by molar-refractivity contribution is -0.136. The third-order valence-corrected chi connectivity index (χ3v) is 4.30. The summed E-state index contributed by atoms with van der Waals surface area (Å²) in [5.74, 6) is -1.62. The van der Waals surface area contributed by atoms with Gasteiger partial charge >= 0.3 is 11.8 Å². The molecule has 0 radical (unpaired) electrons. The molecule has 1 aromatic carbocycles. The van der Waals surface area contributed by atoms with Crippen molar-refractivity contribution in [1.82, 2.24) is 5.32 Å². The van der Waals surface area contributed by atoms with E-state index >= 15 is 0 Å². The van der Waals surface area contributed by atoms with Gasteiger partial charge in [-0.05, 0) is 42.1 Å². The first-order valence-corrected chi connectivity index (χ1v) is 7.80. The van der Waals surface area contributed by atoms with Crippen molar-refractivity contribution in [3.63, 3.8) is 0 Å². The average molecular weight is 339 g/mol. The van der Waals surface area contributed by atoms with E-state index in [1.54, 1.807) is 18.2 Å². The standard InChI is InChI=1S/C15H15ClN2O3S/c1-9-5-6-22-13(9)12(19)8-17-14(20)15(21)18-11-4-2-3-10(16)7-11/h2-7,12,19H,8H2,1H3,(H,17,20)(H,18,21). The fourth-order valence-corrected chi connectivity index (χ4v) is 2.95. The Balaban J connectivity index is 1.87. The highest BCUT2D eigenvalue weighted by atomic mass is 35.5. The topological polar surface area (TPSA) is 78.4 Å². The van der Waals surface area contributed by atoms with Crippen LogP contribution in [0.1, 0.15) is 16.5 Å². The molecular formula is C15H15ClN2O3S. The first-order chi connectivity index (χ1) is 10.5. The number of halogens is 1. The Morgan fingerprint density at radius 3 is 2.73 bits per heavy atom. The molecule has 2 rings (SSSR count). The van der Waals surface area contributed by atoms with Crippen LogP contribution in [0.4, 0.5) is 5.69 Å². The van der Waals surface area contributed by atoms with Crippen LogP contribution >= 0.6 is 22.9 Å². The van der Waals surface area contributed by atoms with E-state index in [0.717, 1.165) is 10.4 Å². The van der Waals surface area contributed by atoms with Gasteiger partial charge in [0.2, 0.25) is 0 Å². The first-order valence-electron chi connectivity index (χ1n) is 6.54. The molecule has 22 heavy (non-hydrogen) atoms. The summed E-state index contributed by atoms with van der Waals surface area (Å²) >= 11 is 7.20. The number of amides is 2. The van der Waals surface area contributed by atoms with E-state index in [0.29, 0.717) is 10.7 Å². The minimum atomic E-state index is -0.831. The predicted octanol–water partition coefficient (Wildman–Crippen LogP) is 2.50. The predicted molar refractivity (Wildman–Crippen MR) is 87.1 cm³/mol. The molecule has 0 saturated carbocycles. The quantitative estimate of drug-likeness (QED) is 0.749. The third kappa shape index (κ3) is 4.30. The Morgan fingerprint density at radius 2 is 2.09 bits per heavy atom. The minimum Gasteiger partial charge on any atom is -0.386 e. The third-order valence-electron chi connectivity index (χ3n) is 2.95. The second-order valence-electron chi connectivity index (χ2n) is 4.66. The lowest BCUT2D eigenvalue weighted by Crippen LogP contribution is -2.37. The normalized spacial score (nSPS) is 11.8. The molecule has 1 unspecified atom stereocenters. The number of rotatable bonds is 4. The molecule has 0 aliphatic rings. The highest BCUT2D eigenvalue weighted by Gasteiger charge is 2.17. The maximum absolute atomic E-state index is 11.7. The molecular weight excluding hydrogens is 324 g/mol. The van der Waals surface area contributed by atoms with E-state index in [-0.39, 0.29) is 6.54 Å². The fraction of sp³-hybridized carbons (Fsp3) is 0.200. The summed E-state index contributed by atoms with van der Waals surface area (Å²) in [5.41, 5.74) is 1.39. The van der Waals surface area contributed by atoms with Gasteiger partial charge in [-0.1, -0.05) is 17.7 Å². The molecule has 0 aliphatic heterocycles. The molecule has 1 atom stereocenters. The van der Waals surface area contributed by atoms with Gasteiger partial charge in [0.25, 0.3) is 0 Å². The van der Waals surface area contributed by atoms with Crippen molar-refractivity contribution >= 4 is 40.4 Å². The van der Waals surface area contributed by atoms with Gasteiger partial charge in [0, 0.05) is 22.1 Å². The number of carbonyl (C=O) groups excluding carboxylic acids is 2. The number of aliphatic hydroxyl groups excluding tert-OH is 1. The van der Waals surface area contributed by atoms with E-state index in [1.807, 2.05) is 18.4 Å². The molecule has 1 aromatic heterocycles. The van der Waals surface area contributed by atoms with Crippen molar-refractivity contribution in [2.75, 3.05) is 11.9 Å². The largest absolute Gasteiger partial charge is 0.386 e. The summed E-state index contributed by atoms with van der Waals surface area (Å²) in [6.07, 6.45) is -0.831. The zero-order valence-corrected chi connectivity index (χ0v) is 13.4. The summed E-state index contributed by atoms with van der Waals surface area (Å²) in [7, 11) is 0. The van der Waals surface area contributed by atoms with Crippen molar-refractivity contribution in [3.05, 3.63) is 51.2 Å². The van der Waals surface area contributed by atoms with Crippen LogP contribution in [-0.4, -0.2) is 23.5 Å². The van der Waals surface area contributed by atoms with Crippen molar-refractivity contribution in [2.24, 2.45) is 0 Å². The van der Waals surface area contributed by atoms with Crippen LogP contribution in [0, 0.1) is 6.92 Å². The molecule has 0 saturated heterocycles. The zero-order chi connectivity index (χ0) is 16.1. The minimum absolute atomic E-state index is 0.0247. The maximum Gasteiger partial charge on any atom is 0.313 e. The lowest BCUT2D eigenvalue weighted by Gasteiger charge is -2.11. The number of carbonyl (C=O) groups is 2. The summed E-state index contributed by atoms with van der Waals surface area (Å²) in [6, 6.07) is 8.38. The number of hydrogen-bond acceptors (Lipinski definition) is 4. The van der Waals surface area contributed by atoms with Crippen LogP contribution < -0.4 is 10.6 Å². The molecule has 2 aromatic rings. The van der Waals surface area contributed by atoms with Crippen molar-refractivity contribution in [1.29, 1.82) is 0 Å². The Bertz CT molecular complexity index is 687. The van der Waals surface area contributed by atoms with Crippen LogP contribution in [0.2, 0.25) is 5.02 Å². The van der Waals surface area contributed by atoms with Gasteiger partial charge in [-0.25, -0.2) is 0 Å². The van der Waals surface area contributed by atoms with E-state index < -0.39 is 17.9 Å². The van der Waals surface area contributed by atoms with E-state index in [2.05, 4.69) is 10.6 Å². The molecule has 0 aliphatic carbocycles. The van der Waals surface area contributed by atoms with Gasteiger partial charge < -0.3 is 15.7 Å². The molecule has 0 spiro atoms. The van der Waals surface area contributed by atoms with E-state index in [4.69, 9.17) is 11.6 Å². The van der Waals surface area contributed by atoms with Crippen molar-refractivity contribution in [2.45, 2.75) is 13.0 Å². The summed E-state index contributed by atoms with van der Waals surface area (Å²) in [6.45, 7) is 1.85. The maximum atomic E-state index is 11.7. The molecule has 0 bridgehead atoms. The van der Waals surface area contributed by atoms with Crippen LogP contribution in [0.5, 0.6) is 0 Å². The highest BCUT2D eigenvalue weighted by Crippen LogP contribution is 2.23. The second kappa shape index (κ2) is 7.40. The van der Waals surface area contributed by atoms with Crippen LogP contribution in [0.15, 0.2) is 35.7 Å². The second-order valence-corrected chi connectivity index (χ2v) is 6.04. The number of benzene rings is 1. The van der Waals surface area contributed by atoms with Crippen molar-refractivity contribution in [3.8, 4) is 0 Å². The molecule has 116 valence electrons. The number of hydrogen-bond donors (Lipinski definition) is 3. The monoisotopic (exact) mass is 338 g/mol. The Hall–Kier alpha value is -1.89. The van der Waals surface area contributed by atoms with Gasteiger partial charge in [0.15, 0.2) is 0 Å². The Morgan fingerprint density at radius 1 is 1.32 bits per heavy atom. The Labute approximate surface area is 136 Å². The number of thiophene rings is 1. The molecule has 3 N–H and O–H groups in total. The van der Waals surface area contributed by atoms with Gasteiger partial charge in [0.05, 0.1) is 0 Å². The summed E-state index contributed by atoms with van der Waals surface area (Å²) < 4.78 is 0. The van der Waals surface area contributed by atoms with Gasteiger partial charge in [-0.3, -0.25) is 9.59 Å². The van der Waals surface area contributed by atoms with Crippen LogP contribution in [0.25, 0.3) is 0 Å². The SMILES string of the molecule is Cc1ccsc1C(O)CNC(=O)C(=O)Nc1cccc(Cl)c1. The van der Waals surface area contributed by atoms with Gasteiger partial charge in [-0.2, -0.15) is 0 Å². The zero-order valence-electron chi connectivity index (χ0n) is 11.8. The first kappa shape index (κ1) is 16.5. The lowest BCUT2D eigenvalue weighted by atomic mass is 10.2.